The Balaban J connectivity index is 2.21. The van der Waals surface area contributed by atoms with Crippen molar-refractivity contribution >= 4 is 47.2 Å². The molecule has 4 atom stereocenters. The van der Waals surface area contributed by atoms with E-state index >= 15 is 0 Å². The van der Waals surface area contributed by atoms with Crippen LogP contribution in [0.4, 0.5) is 0 Å². The van der Waals surface area contributed by atoms with Crippen LogP contribution in [0.15, 0.2) is 60.7 Å². The molecule has 3 amide bonds. The molecule has 0 bridgehead atoms. The van der Waals surface area contributed by atoms with Crippen LogP contribution in [0.25, 0.3) is 0 Å². The van der Waals surface area contributed by atoms with Gasteiger partial charge in [0.1, 0.15) is 18.1 Å². The van der Waals surface area contributed by atoms with Crippen LogP contribution in [0.2, 0.25) is 0 Å². The number of carbonyl (C=O) groups is 4. The molecule has 0 radical (unpaired) electrons. The number of benzene rings is 2. The quantitative estimate of drug-likeness (QED) is 0.192. The van der Waals surface area contributed by atoms with E-state index in [0.29, 0.717) is 24.3 Å². The van der Waals surface area contributed by atoms with Gasteiger partial charge in [0, 0.05) is 12.8 Å². The minimum atomic E-state index is -1.18. The highest BCUT2D eigenvalue weighted by molar-refractivity contribution is 7.98. The number of hydrogen-bond donors (Lipinski definition) is 5. The average Bonchev–Trinajstić information content (AvgIpc) is 2.93. The Labute approximate surface area is 238 Å². The van der Waals surface area contributed by atoms with Crippen LogP contribution in [0.1, 0.15) is 24.0 Å². The zero-order valence-corrected chi connectivity index (χ0v) is 23.9. The molecule has 9 nitrogen and oxygen atoms in total. The number of aliphatic carboxylic acids is 1. The molecule has 0 heterocycles. The van der Waals surface area contributed by atoms with Gasteiger partial charge in [0.25, 0.3) is 0 Å². The van der Waals surface area contributed by atoms with Crippen LogP contribution in [-0.2, 0) is 32.0 Å². The molecule has 0 aliphatic carbocycles. The number of thioether (sulfide) groups is 2. The fraction of sp³-hybridized carbons (Fsp3) is 0.429. The maximum atomic E-state index is 13.4. The average molecular weight is 575 g/mol. The minimum Gasteiger partial charge on any atom is -0.480 e. The molecule has 0 saturated heterocycles. The molecule has 0 aliphatic rings. The van der Waals surface area contributed by atoms with Crippen LogP contribution >= 0.6 is 23.5 Å². The highest BCUT2D eigenvalue weighted by Crippen LogP contribution is 2.09. The van der Waals surface area contributed by atoms with Gasteiger partial charge in [-0.05, 0) is 48.0 Å². The number of nitrogens with two attached hydrogens (primary N) is 1. The summed E-state index contributed by atoms with van der Waals surface area (Å²) in [6.07, 6.45) is 4.87. The van der Waals surface area contributed by atoms with Crippen molar-refractivity contribution < 1.29 is 24.3 Å². The van der Waals surface area contributed by atoms with Gasteiger partial charge in [0.05, 0.1) is 6.04 Å². The Bertz CT molecular complexity index is 1060. The van der Waals surface area contributed by atoms with Crippen molar-refractivity contribution in [3.8, 4) is 0 Å². The maximum absolute atomic E-state index is 13.4. The van der Waals surface area contributed by atoms with Crippen molar-refractivity contribution in [1.82, 2.24) is 16.0 Å². The van der Waals surface area contributed by atoms with Crippen LogP contribution in [0.5, 0.6) is 0 Å². The Hall–Kier alpha value is -3.02. The fourth-order valence-electron chi connectivity index (χ4n) is 3.81. The second-order valence-electron chi connectivity index (χ2n) is 9.07. The first-order valence-corrected chi connectivity index (χ1v) is 15.5. The van der Waals surface area contributed by atoms with Crippen LogP contribution in [0, 0.1) is 0 Å². The highest BCUT2D eigenvalue weighted by Gasteiger charge is 2.30. The van der Waals surface area contributed by atoms with E-state index in [1.165, 1.54) is 11.8 Å². The number of carbonyl (C=O) groups excluding carboxylic acids is 3. The largest absolute Gasteiger partial charge is 0.480 e. The fourth-order valence-corrected chi connectivity index (χ4v) is 4.77. The van der Waals surface area contributed by atoms with Gasteiger partial charge in [-0.2, -0.15) is 23.5 Å². The first kappa shape index (κ1) is 32.2. The molecule has 2 aromatic rings. The van der Waals surface area contributed by atoms with Crippen molar-refractivity contribution in [2.45, 2.75) is 49.9 Å². The van der Waals surface area contributed by atoms with Crippen molar-refractivity contribution in [3.63, 3.8) is 0 Å². The third kappa shape index (κ3) is 11.7. The molecule has 0 fully saturated rings. The van der Waals surface area contributed by atoms with Crippen LogP contribution in [0.3, 0.4) is 0 Å². The molecule has 6 N–H and O–H groups in total. The standard InChI is InChI=1S/C28H38N4O5S2/c1-38-15-13-21(29)25(33)30-22(14-16-39-2)26(34)31-23(17-19-9-5-3-6-10-19)27(35)32-24(28(36)37)18-20-11-7-4-8-12-20/h3-12,21-24H,13-18,29H2,1-2H3,(H,30,33)(H,31,34)(H,32,35)(H,36,37). The van der Waals surface area contributed by atoms with E-state index in [9.17, 15) is 24.3 Å². The normalized spacial score (nSPS) is 13.9. The molecule has 4 unspecified atom stereocenters. The Morgan fingerprint density at radius 3 is 1.64 bits per heavy atom. The summed E-state index contributed by atoms with van der Waals surface area (Å²) in [5.41, 5.74) is 7.54. The third-order valence-electron chi connectivity index (χ3n) is 6.03. The van der Waals surface area contributed by atoms with Crippen LogP contribution < -0.4 is 21.7 Å². The van der Waals surface area contributed by atoms with Gasteiger partial charge in [0.2, 0.25) is 17.7 Å². The smallest absolute Gasteiger partial charge is 0.326 e. The summed E-state index contributed by atoms with van der Waals surface area (Å²) in [6, 6.07) is 14.2. The molecule has 0 saturated carbocycles. The number of nitrogens with one attached hydrogen (secondary N) is 3. The topological polar surface area (TPSA) is 151 Å². The van der Waals surface area contributed by atoms with E-state index in [1.807, 2.05) is 48.9 Å². The number of amides is 3. The van der Waals surface area contributed by atoms with Crippen molar-refractivity contribution in [3.05, 3.63) is 71.8 Å². The maximum Gasteiger partial charge on any atom is 0.326 e. The van der Waals surface area contributed by atoms with Gasteiger partial charge in [0.15, 0.2) is 0 Å². The van der Waals surface area contributed by atoms with E-state index < -0.39 is 47.9 Å². The Kier molecular flexibility index (Phi) is 14.5. The number of carboxylic acid groups (broad SMARTS) is 1. The molecule has 212 valence electrons. The van der Waals surface area contributed by atoms with Gasteiger partial charge >= 0.3 is 5.97 Å². The van der Waals surface area contributed by atoms with E-state index in [4.69, 9.17) is 5.73 Å². The van der Waals surface area contributed by atoms with Crippen molar-refractivity contribution in [1.29, 1.82) is 0 Å². The zero-order chi connectivity index (χ0) is 28.6. The number of rotatable bonds is 17. The monoisotopic (exact) mass is 574 g/mol. The SMILES string of the molecule is CSCCC(N)C(=O)NC(CCSC)C(=O)NC(Cc1ccccc1)C(=O)NC(Cc1ccccc1)C(=O)O. The van der Waals surface area contributed by atoms with Gasteiger partial charge in [-0.1, -0.05) is 60.7 Å². The van der Waals surface area contributed by atoms with E-state index in [1.54, 1.807) is 36.0 Å². The molecule has 39 heavy (non-hydrogen) atoms. The molecular weight excluding hydrogens is 536 g/mol. The number of carboxylic acids is 1. The molecule has 11 heteroatoms. The molecular formula is C28H38N4O5S2. The highest BCUT2D eigenvalue weighted by atomic mass is 32.2. The van der Waals surface area contributed by atoms with Gasteiger partial charge in [-0.15, -0.1) is 0 Å². The van der Waals surface area contributed by atoms with E-state index in [0.717, 1.165) is 11.1 Å². The lowest BCUT2D eigenvalue weighted by Gasteiger charge is -2.25. The van der Waals surface area contributed by atoms with E-state index in [2.05, 4.69) is 16.0 Å². The predicted octanol–water partition coefficient (Wildman–Crippen LogP) is 1.84. The van der Waals surface area contributed by atoms with E-state index in [-0.39, 0.29) is 12.8 Å². The molecule has 0 aromatic heterocycles. The first-order valence-electron chi connectivity index (χ1n) is 12.7. The first-order chi connectivity index (χ1) is 18.7. The lowest BCUT2D eigenvalue weighted by molar-refractivity contribution is -0.142. The molecule has 0 spiro atoms. The summed E-state index contributed by atoms with van der Waals surface area (Å²) in [6.45, 7) is 0. The van der Waals surface area contributed by atoms with Gasteiger partial charge < -0.3 is 26.8 Å². The minimum absolute atomic E-state index is 0.0915. The van der Waals surface area contributed by atoms with Crippen LogP contribution in [-0.4, -0.2) is 77.0 Å². The lowest BCUT2D eigenvalue weighted by Crippen LogP contribution is -2.58. The Morgan fingerprint density at radius 2 is 1.13 bits per heavy atom. The second kappa shape index (κ2) is 17.5. The lowest BCUT2D eigenvalue weighted by atomic mass is 10.0. The summed E-state index contributed by atoms with van der Waals surface area (Å²) >= 11 is 3.10. The zero-order valence-electron chi connectivity index (χ0n) is 22.3. The molecule has 2 rings (SSSR count). The second-order valence-corrected chi connectivity index (χ2v) is 11.0. The Morgan fingerprint density at radius 1 is 0.692 bits per heavy atom. The predicted molar refractivity (Wildman–Crippen MR) is 158 cm³/mol. The van der Waals surface area contributed by atoms with Crippen molar-refractivity contribution in [2.24, 2.45) is 5.73 Å². The van der Waals surface area contributed by atoms with Gasteiger partial charge in [-0.3, -0.25) is 14.4 Å². The summed E-state index contributed by atoms with van der Waals surface area (Å²) in [4.78, 5) is 51.3. The van der Waals surface area contributed by atoms with Crippen molar-refractivity contribution in [2.75, 3.05) is 24.0 Å². The number of hydrogen-bond acceptors (Lipinski definition) is 7. The molecule has 0 aliphatic heterocycles. The molecule has 2 aromatic carbocycles. The van der Waals surface area contributed by atoms with Gasteiger partial charge in [-0.25, -0.2) is 4.79 Å². The summed E-state index contributed by atoms with van der Waals surface area (Å²) in [5, 5.41) is 17.9. The summed E-state index contributed by atoms with van der Waals surface area (Å²) < 4.78 is 0. The summed E-state index contributed by atoms with van der Waals surface area (Å²) in [7, 11) is 0. The third-order valence-corrected chi connectivity index (χ3v) is 7.31. The summed E-state index contributed by atoms with van der Waals surface area (Å²) in [5.74, 6) is -1.44.